The third-order valence-corrected chi connectivity index (χ3v) is 4.04. The van der Waals surface area contributed by atoms with E-state index in [1.54, 1.807) is 0 Å². The minimum absolute atomic E-state index is 0.0462. The van der Waals surface area contributed by atoms with E-state index in [0.29, 0.717) is 6.42 Å². The van der Waals surface area contributed by atoms with E-state index in [1.807, 2.05) is 11.7 Å². The van der Waals surface area contributed by atoms with Gasteiger partial charge in [0.1, 0.15) is 9.84 Å². The molecule has 0 amide bonds. The number of hydrogen-bond donors (Lipinski definition) is 1. The highest BCUT2D eigenvalue weighted by Crippen LogP contribution is 2.08. The molecule has 0 aromatic carbocycles. The van der Waals surface area contributed by atoms with Crippen molar-refractivity contribution in [2.24, 2.45) is 7.05 Å². The lowest BCUT2D eigenvalue weighted by Crippen LogP contribution is -2.38. The fraction of sp³-hybridized carbons (Fsp3) is 0.769. The van der Waals surface area contributed by atoms with Crippen LogP contribution in [0.1, 0.15) is 31.7 Å². The van der Waals surface area contributed by atoms with Gasteiger partial charge in [0.05, 0.1) is 11.4 Å². The average Bonchev–Trinajstić information content (AvgIpc) is 2.65. The summed E-state index contributed by atoms with van der Waals surface area (Å²) in [6, 6.07) is 2.01. The van der Waals surface area contributed by atoms with Gasteiger partial charge in [-0.15, -0.1) is 0 Å². The SMILES string of the molecule is CCCNC(Cc1cc(CC)nn1C)CS(C)(=O)=O. The molecular formula is C13H25N3O2S. The van der Waals surface area contributed by atoms with Crippen LogP contribution in [0.5, 0.6) is 0 Å². The summed E-state index contributed by atoms with van der Waals surface area (Å²) in [7, 11) is -1.07. The standard InChI is InChI=1S/C13H25N3O2S/c1-5-7-14-12(10-19(4,17)18)9-13-8-11(6-2)15-16(13)3/h8,12,14H,5-7,9-10H2,1-4H3. The second-order valence-electron chi connectivity index (χ2n) is 5.05. The van der Waals surface area contributed by atoms with Crippen molar-refractivity contribution in [1.29, 1.82) is 0 Å². The van der Waals surface area contributed by atoms with Crippen molar-refractivity contribution >= 4 is 9.84 Å². The molecule has 1 atom stereocenters. The van der Waals surface area contributed by atoms with Crippen molar-refractivity contribution in [3.8, 4) is 0 Å². The summed E-state index contributed by atoms with van der Waals surface area (Å²) in [5.74, 6) is 0.166. The van der Waals surface area contributed by atoms with Crippen LogP contribution in [0, 0.1) is 0 Å². The fourth-order valence-electron chi connectivity index (χ4n) is 2.09. The van der Waals surface area contributed by atoms with Crippen molar-refractivity contribution in [2.45, 2.75) is 39.2 Å². The molecule has 1 unspecified atom stereocenters. The third kappa shape index (κ3) is 5.74. The van der Waals surface area contributed by atoms with Crippen molar-refractivity contribution in [3.05, 3.63) is 17.5 Å². The molecule has 0 aliphatic heterocycles. The van der Waals surface area contributed by atoms with Gasteiger partial charge in [-0.1, -0.05) is 13.8 Å². The van der Waals surface area contributed by atoms with Gasteiger partial charge in [-0.3, -0.25) is 4.68 Å². The molecule has 1 aromatic rings. The zero-order valence-electron chi connectivity index (χ0n) is 12.3. The van der Waals surface area contributed by atoms with Crippen LogP contribution in [0.2, 0.25) is 0 Å². The zero-order chi connectivity index (χ0) is 14.5. The molecule has 1 heterocycles. The van der Waals surface area contributed by atoms with Gasteiger partial charge in [-0.2, -0.15) is 5.10 Å². The average molecular weight is 287 g/mol. The van der Waals surface area contributed by atoms with Gasteiger partial charge in [0.2, 0.25) is 0 Å². The van der Waals surface area contributed by atoms with Crippen LogP contribution in [0.4, 0.5) is 0 Å². The first-order valence-electron chi connectivity index (χ1n) is 6.78. The van der Waals surface area contributed by atoms with Gasteiger partial charge in [0.25, 0.3) is 0 Å². The number of aryl methyl sites for hydroxylation is 2. The minimum Gasteiger partial charge on any atom is -0.313 e. The summed E-state index contributed by atoms with van der Waals surface area (Å²) in [4.78, 5) is 0. The van der Waals surface area contributed by atoms with E-state index in [4.69, 9.17) is 0 Å². The summed E-state index contributed by atoms with van der Waals surface area (Å²) in [6.07, 6.45) is 3.86. The van der Waals surface area contributed by atoms with E-state index in [0.717, 1.165) is 30.8 Å². The number of nitrogens with one attached hydrogen (secondary N) is 1. The number of aromatic nitrogens is 2. The largest absolute Gasteiger partial charge is 0.313 e. The van der Waals surface area contributed by atoms with Gasteiger partial charge in [0, 0.05) is 31.5 Å². The summed E-state index contributed by atoms with van der Waals surface area (Å²) in [5, 5.41) is 7.71. The molecule has 0 saturated carbocycles. The van der Waals surface area contributed by atoms with Crippen LogP contribution in [-0.2, 0) is 29.7 Å². The normalized spacial score (nSPS) is 13.7. The molecule has 19 heavy (non-hydrogen) atoms. The van der Waals surface area contributed by atoms with E-state index in [9.17, 15) is 8.42 Å². The Bertz CT molecular complexity index is 494. The maximum Gasteiger partial charge on any atom is 0.148 e. The smallest absolute Gasteiger partial charge is 0.148 e. The Kier molecular flexibility index (Phi) is 6.00. The molecule has 1 rings (SSSR count). The molecule has 1 N–H and O–H groups in total. The highest BCUT2D eigenvalue weighted by Gasteiger charge is 2.17. The lowest BCUT2D eigenvalue weighted by atomic mass is 10.1. The second kappa shape index (κ2) is 7.05. The lowest BCUT2D eigenvalue weighted by Gasteiger charge is -2.17. The van der Waals surface area contributed by atoms with Crippen molar-refractivity contribution in [2.75, 3.05) is 18.6 Å². The predicted molar refractivity (Wildman–Crippen MR) is 78.1 cm³/mol. The monoisotopic (exact) mass is 287 g/mol. The summed E-state index contributed by atoms with van der Waals surface area (Å²) < 4.78 is 24.8. The molecule has 0 aliphatic carbocycles. The number of hydrogen-bond acceptors (Lipinski definition) is 4. The van der Waals surface area contributed by atoms with Crippen LogP contribution in [0.15, 0.2) is 6.07 Å². The van der Waals surface area contributed by atoms with Gasteiger partial charge in [-0.05, 0) is 25.5 Å². The zero-order valence-corrected chi connectivity index (χ0v) is 13.1. The van der Waals surface area contributed by atoms with Crippen LogP contribution in [0.25, 0.3) is 0 Å². The van der Waals surface area contributed by atoms with E-state index < -0.39 is 9.84 Å². The molecule has 0 fully saturated rings. The van der Waals surface area contributed by atoms with Crippen LogP contribution in [-0.4, -0.2) is 42.8 Å². The van der Waals surface area contributed by atoms with E-state index >= 15 is 0 Å². The fourth-order valence-corrected chi connectivity index (χ4v) is 3.06. The molecule has 6 heteroatoms. The molecule has 0 bridgehead atoms. The quantitative estimate of drug-likeness (QED) is 0.773. The highest BCUT2D eigenvalue weighted by molar-refractivity contribution is 7.90. The lowest BCUT2D eigenvalue weighted by molar-refractivity contribution is 0.516. The number of sulfone groups is 1. The van der Waals surface area contributed by atoms with Gasteiger partial charge >= 0.3 is 0 Å². The maximum atomic E-state index is 11.5. The molecule has 0 radical (unpaired) electrons. The molecule has 0 saturated heterocycles. The Balaban J connectivity index is 2.77. The molecule has 110 valence electrons. The number of nitrogens with zero attached hydrogens (tertiary/aromatic N) is 2. The van der Waals surface area contributed by atoms with Gasteiger partial charge < -0.3 is 5.32 Å². The Labute approximate surface area is 116 Å². The summed E-state index contributed by atoms with van der Waals surface area (Å²) >= 11 is 0. The summed E-state index contributed by atoms with van der Waals surface area (Å²) in [5.41, 5.74) is 2.13. The Morgan fingerprint density at radius 3 is 2.58 bits per heavy atom. The maximum absolute atomic E-state index is 11.5. The van der Waals surface area contributed by atoms with Crippen LogP contribution in [0.3, 0.4) is 0 Å². The molecule has 1 aromatic heterocycles. The third-order valence-electron chi connectivity index (χ3n) is 3.03. The molecular weight excluding hydrogens is 262 g/mol. The van der Waals surface area contributed by atoms with Crippen molar-refractivity contribution < 1.29 is 8.42 Å². The van der Waals surface area contributed by atoms with E-state index in [2.05, 4.69) is 30.3 Å². The summed E-state index contributed by atoms with van der Waals surface area (Å²) in [6.45, 7) is 4.97. The minimum atomic E-state index is -2.98. The van der Waals surface area contributed by atoms with E-state index in [1.165, 1.54) is 6.26 Å². The Hall–Kier alpha value is -0.880. The topological polar surface area (TPSA) is 64.0 Å². The van der Waals surface area contributed by atoms with Gasteiger partial charge in [0.15, 0.2) is 0 Å². The first kappa shape index (κ1) is 16.2. The Morgan fingerprint density at radius 1 is 1.42 bits per heavy atom. The van der Waals surface area contributed by atoms with E-state index in [-0.39, 0.29) is 11.8 Å². The van der Waals surface area contributed by atoms with Crippen LogP contribution < -0.4 is 5.32 Å². The molecule has 0 spiro atoms. The van der Waals surface area contributed by atoms with Gasteiger partial charge in [-0.25, -0.2) is 8.42 Å². The van der Waals surface area contributed by atoms with Crippen molar-refractivity contribution in [3.63, 3.8) is 0 Å². The highest BCUT2D eigenvalue weighted by atomic mass is 32.2. The van der Waals surface area contributed by atoms with Crippen LogP contribution >= 0.6 is 0 Å². The number of rotatable bonds is 8. The Morgan fingerprint density at radius 2 is 2.11 bits per heavy atom. The van der Waals surface area contributed by atoms with Crippen molar-refractivity contribution in [1.82, 2.24) is 15.1 Å². The first-order chi connectivity index (χ1) is 8.85. The second-order valence-corrected chi connectivity index (χ2v) is 7.24. The molecule has 5 nitrogen and oxygen atoms in total. The molecule has 0 aliphatic rings. The first-order valence-corrected chi connectivity index (χ1v) is 8.84. The predicted octanol–water partition coefficient (Wildman–Crippen LogP) is 0.938.